The molecule has 1 N–H and O–H groups in total. The molecule has 2 amide bonds. The summed E-state index contributed by atoms with van der Waals surface area (Å²) >= 11 is 0. The maximum absolute atomic E-state index is 13.1. The molecule has 0 unspecified atom stereocenters. The van der Waals surface area contributed by atoms with Crippen molar-refractivity contribution in [3.8, 4) is 0 Å². The molecule has 29 heavy (non-hydrogen) atoms. The van der Waals surface area contributed by atoms with E-state index in [1.807, 2.05) is 0 Å². The van der Waals surface area contributed by atoms with E-state index in [1.165, 1.54) is 18.2 Å². The molecule has 2 aromatic carbocycles. The summed E-state index contributed by atoms with van der Waals surface area (Å²) in [5.74, 6) is -1.70. The number of sulfonamides is 1. The van der Waals surface area contributed by atoms with Gasteiger partial charge in [-0.25, -0.2) is 12.8 Å². The molecule has 9 heteroatoms. The average molecular weight is 411 g/mol. The maximum atomic E-state index is 13.1. The Labute approximate surface area is 165 Å². The molecule has 4 rings (SSSR count). The summed E-state index contributed by atoms with van der Waals surface area (Å²) in [7, 11) is -4.08. The first kappa shape index (κ1) is 18.8. The highest BCUT2D eigenvalue weighted by molar-refractivity contribution is 7.92. The molecule has 1 aromatic heterocycles. The van der Waals surface area contributed by atoms with Gasteiger partial charge in [-0.2, -0.15) is 0 Å². The number of imide groups is 1. The summed E-state index contributed by atoms with van der Waals surface area (Å²) in [6.45, 7) is 0.0182. The second kappa shape index (κ2) is 7.10. The highest BCUT2D eigenvalue weighted by Crippen LogP contribution is 2.31. The Morgan fingerprint density at radius 2 is 1.72 bits per heavy atom. The fourth-order valence-electron chi connectivity index (χ4n) is 3.05. The van der Waals surface area contributed by atoms with Gasteiger partial charge in [0.05, 0.1) is 28.3 Å². The van der Waals surface area contributed by atoms with Crippen LogP contribution in [0.1, 0.15) is 26.3 Å². The van der Waals surface area contributed by atoms with E-state index in [1.54, 1.807) is 24.5 Å². The third-order valence-electron chi connectivity index (χ3n) is 4.43. The zero-order chi connectivity index (χ0) is 20.6. The highest BCUT2D eigenvalue weighted by Gasteiger charge is 2.38. The third kappa shape index (κ3) is 3.47. The van der Waals surface area contributed by atoms with Crippen LogP contribution in [0.2, 0.25) is 0 Å². The van der Waals surface area contributed by atoms with Crippen LogP contribution < -0.4 is 4.72 Å². The Kier molecular flexibility index (Phi) is 4.59. The number of halogens is 1. The number of hydrogen-bond donors (Lipinski definition) is 1. The Balaban J connectivity index is 1.67. The van der Waals surface area contributed by atoms with Gasteiger partial charge in [0.2, 0.25) is 0 Å². The molecule has 0 saturated heterocycles. The van der Waals surface area contributed by atoms with Crippen LogP contribution in [0.15, 0.2) is 71.9 Å². The number of anilines is 1. The molecule has 1 aliphatic rings. The highest BCUT2D eigenvalue weighted by atomic mass is 32.2. The Morgan fingerprint density at radius 3 is 2.41 bits per heavy atom. The van der Waals surface area contributed by atoms with Crippen LogP contribution in [-0.4, -0.2) is 30.1 Å². The average Bonchev–Trinajstić information content (AvgIpc) is 2.95. The predicted molar refractivity (Wildman–Crippen MR) is 102 cm³/mol. The molecule has 0 radical (unpaired) electrons. The molecule has 0 bridgehead atoms. The zero-order valence-corrected chi connectivity index (χ0v) is 15.7. The summed E-state index contributed by atoms with van der Waals surface area (Å²) < 4.78 is 40.7. The largest absolute Gasteiger partial charge is 0.279 e. The summed E-state index contributed by atoms with van der Waals surface area (Å²) in [6, 6.07) is 12.0. The molecule has 146 valence electrons. The second-order valence-corrected chi connectivity index (χ2v) is 8.03. The number of rotatable bonds is 5. The van der Waals surface area contributed by atoms with E-state index in [0.717, 1.165) is 29.2 Å². The number of fused-ring (bicyclic) bond motifs is 1. The van der Waals surface area contributed by atoms with Gasteiger partial charge in [0, 0.05) is 12.4 Å². The van der Waals surface area contributed by atoms with Crippen molar-refractivity contribution in [1.29, 1.82) is 0 Å². The van der Waals surface area contributed by atoms with Crippen LogP contribution >= 0.6 is 0 Å². The van der Waals surface area contributed by atoms with Crippen molar-refractivity contribution < 1.29 is 22.4 Å². The number of amides is 2. The number of benzene rings is 2. The van der Waals surface area contributed by atoms with Crippen LogP contribution in [0.5, 0.6) is 0 Å². The molecular weight excluding hydrogens is 397 g/mol. The first-order chi connectivity index (χ1) is 13.9. The monoisotopic (exact) mass is 411 g/mol. The number of pyridine rings is 1. The SMILES string of the molecule is O=C1c2cccc(NS(=O)(=O)c3ccc(F)cc3)c2C(=O)N1Cc1cccnc1. The fraction of sp³-hybridized carbons (Fsp3) is 0.0500. The smallest absolute Gasteiger partial charge is 0.264 e. The Hall–Kier alpha value is -3.59. The Morgan fingerprint density at radius 1 is 0.966 bits per heavy atom. The number of nitrogens with one attached hydrogen (secondary N) is 1. The lowest BCUT2D eigenvalue weighted by atomic mass is 10.1. The summed E-state index contributed by atoms with van der Waals surface area (Å²) in [5, 5.41) is 0. The van der Waals surface area contributed by atoms with Gasteiger partial charge < -0.3 is 0 Å². The van der Waals surface area contributed by atoms with E-state index in [9.17, 15) is 22.4 Å². The van der Waals surface area contributed by atoms with E-state index >= 15 is 0 Å². The van der Waals surface area contributed by atoms with E-state index in [0.29, 0.717) is 5.56 Å². The Bertz CT molecular complexity index is 1210. The number of aromatic nitrogens is 1. The van der Waals surface area contributed by atoms with E-state index in [4.69, 9.17) is 0 Å². The predicted octanol–water partition coefficient (Wildman–Crippen LogP) is 2.82. The lowest BCUT2D eigenvalue weighted by molar-refractivity contribution is 0.0642. The lowest BCUT2D eigenvalue weighted by Crippen LogP contribution is -2.29. The molecule has 1 aliphatic heterocycles. The minimum Gasteiger partial charge on any atom is -0.279 e. The van der Waals surface area contributed by atoms with E-state index < -0.39 is 27.7 Å². The van der Waals surface area contributed by atoms with Crippen molar-refractivity contribution in [2.75, 3.05) is 4.72 Å². The first-order valence-corrected chi connectivity index (χ1v) is 10.0. The van der Waals surface area contributed by atoms with Crippen LogP contribution in [0.3, 0.4) is 0 Å². The molecule has 2 heterocycles. The van der Waals surface area contributed by atoms with Crippen molar-refractivity contribution in [1.82, 2.24) is 9.88 Å². The zero-order valence-electron chi connectivity index (χ0n) is 14.9. The quantitative estimate of drug-likeness (QED) is 0.652. The third-order valence-corrected chi connectivity index (χ3v) is 5.81. The van der Waals surface area contributed by atoms with Crippen molar-refractivity contribution in [2.24, 2.45) is 0 Å². The van der Waals surface area contributed by atoms with Gasteiger partial charge in [-0.1, -0.05) is 12.1 Å². The molecule has 0 fully saturated rings. The molecular formula is C20H14FN3O4S. The van der Waals surface area contributed by atoms with E-state index in [-0.39, 0.29) is 28.3 Å². The molecule has 0 atom stereocenters. The first-order valence-electron chi connectivity index (χ1n) is 8.53. The second-order valence-electron chi connectivity index (χ2n) is 6.35. The van der Waals surface area contributed by atoms with Gasteiger partial charge in [-0.3, -0.25) is 24.2 Å². The molecule has 0 saturated carbocycles. The molecule has 7 nitrogen and oxygen atoms in total. The van der Waals surface area contributed by atoms with Crippen LogP contribution in [0.4, 0.5) is 10.1 Å². The van der Waals surface area contributed by atoms with Gasteiger partial charge in [0.1, 0.15) is 5.82 Å². The van der Waals surface area contributed by atoms with Crippen LogP contribution in [-0.2, 0) is 16.6 Å². The maximum Gasteiger partial charge on any atom is 0.264 e. The van der Waals surface area contributed by atoms with Gasteiger partial charge >= 0.3 is 0 Å². The van der Waals surface area contributed by atoms with Gasteiger partial charge in [-0.15, -0.1) is 0 Å². The normalized spacial score (nSPS) is 13.5. The standard InChI is InChI=1S/C20H14FN3O4S/c21-14-6-8-15(9-7-14)29(27,28)23-17-5-1-4-16-18(17)20(26)24(19(16)25)12-13-3-2-10-22-11-13/h1-11,23H,12H2. The molecule has 0 aliphatic carbocycles. The topological polar surface area (TPSA) is 96.4 Å². The number of carbonyl (C=O) groups excluding carboxylic acids is 2. The summed E-state index contributed by atoms with van der Waals surface area (Å²) in [5.41, 5.74) is 0.736. The van der Waals surface area contributed by atoms with Crippen molar-refractivity contribution in [2.45, 2.75) is 11.4 Å². The summed E-state index contributed by atoms with van der Waals surface area (Å²) in [6.07, 6.45) is 3.12. The van der Waals surface area contributed by atoms with Crippen molar-refractivity contribution in [3.63, 3.8) is 0 Å². The fourth-order valence-corrected chi connectivity index (χ4v) is 4.13. The number of hydrogen-bond acceptors (Lipinski definition) is 5. The number of nitrogens with zero attached hydrogens (tertiary/aromatic N) is 2. The molecule has 0 spiro atoms. The minimum absolute atomic E-state index is 0.0149. The number of carbonyl (C=O) groups is 2. The summed E-state index contributed by atoms with van der Waals surface area (Å²) in [4.78, 5) is 30.4. The molecule has 3 aromatic rings. The minimum atomic E-state index is -4.08. The van der Waals surface area contributed by atoms with Crippen molar-refractivity contribution >= 4 is 27.5 Å². The van der Waals surface area contributed by atoms with Gasteiger partial charge in [0.25, 0.3) is 21.8 Å². The lowest BCUT2D eigenvalue weighted by Gasteiger charge is -2.14. The van der Waals surface area contributed by atoms with Crippen LogP contribution in [0, 0.1) is 5.82 Å². The van der Waals surface area contributed by atoms with Crippen molar-refractivity contribution in [3.05, 3.63) is 89.5 Å². The van der Waals surface area contributed by atoms with Gasteiger partial charge in [0.15, 0.2) is 0 Å². The van der Waals surface area contributed by atoms with Crippen LogP contribution in [0.25, 0.3) is 0 Å². The van der Waals surface area contributed by atoms with Gasteiger partial charge in [-0.05, 0) is 48.0 Å². The van der Waals surface area contributed by atoms with E-state index in [2.05, 4.69) is 9.71 Å².